The Morgan fingerprint density at radius 1 is 0.943 bits per heavy atom. The molecule has 0 aliphatic carbocycles. The number of nitrogens with one attached hydrogen (secondary N) is 2. The van der Waals surface area contributed by atoms with Crippen LogP contribution in [-0.2, 0) is 20.7 Å². The number of carbonyl (C=O) groups is 3. The third-order valence-corrected chi connectivity index (χ3v) is 5.55. The monoisotopic (exact) mass is 489 g/mol. The molecule has 0 spiro atoms. The lowest BCUT2D eigenvalue weighted by Gasteiger charge is -2.32. The Labute approximate surface area is 212 Å². The summed E-state index contributed by atoms with van der Waals surface area (Å²) >= 11 is 0. The minimum atomic E-state index is -0.771. The van der Waals surface area contributed by atoms with Gasteiger partial charge in [-0.1, -0.05) is 70.2 Å². The number of rotatable bonds is 14. The lowest BCUT2D eigenvalue weighted by molar-refractivity contribution is -0.140. The number of alkyl carbamates (subject to hydrolysis) is 1. The molecule has 0 saturated carbocycles. The molecule has 1 aromatic carbocycles. The third kappa shape index (κ3) is 12.1. The van der Waals surface area contributed by atoms with E-state index >= 15 is 0 Å². The molecule has 0 heterocycles. The van der Waals surface area contributed by atoms with E-state index < -0.39 is 17.7 Å². The summed E-state index contributed by atoms with van der Waals surface area (Å²) in [4.78, 5) is 40.5. The zero-order valence-electron chi connectivity index (χ0n) is 22.9. The van der Waals surface area contributed by atoms with Gasteiger partial charge >= 0.3 is 6.09 Å². The molecular weight excluding hydrogens is 442 g/mol. The molecule has 2 N–H and O–H groups in total. The summed E-state index contributed by atoms with van der Waals surface area (Å²) in [6.07, 6.45) is 6.65. The molecule has 198 valence electrons. The number of hydrogen-bond donors (Lipinski definition) is 2. The summed E-state index contributed by atoms with van der Waals surface area (Å²) in [5.41, 5.74) is 1.26. The molecule has 1 aromatic rings. The second-order valence-corrected chi connectivity index (χ2v) is 10.4. The van der Waals surface area contributed by atoms with E-state index in [1.54, 1.807) is 25.7 Å². The lowest BCUT2D eigenvalue weighted by Crippen LogP contribution is -2.49. The number of amides is 3. The van der Waals surface area contributed by atoms with Crippen molar-refractivity contribution in [3.63, 3.8) is 0 Å². The van der Waals surface area contributed by atoms with E-state index in [9.17, 15) is 14.4 Å². The van der Waals surface area contributed by atoms with Crippen LogP contribution in [0.1, 0.15) is 104 Å². The second-order valence-electron chi connectivity index (χ2n) is 10.4. The highest BCUT2D eigenvalue weighted by Gasteiger charge is 2.31. The Morgan fingerprint density at radius 3 is 2.09 bits per heavy atom. The molecule has 0 aliphatic rings. The van der Waals surface area contributed by atoms with E-state index in [4.69, 9.17) is 4.74 Å². The second kappa shape index (κ2) is 15.4. The summed E-state index contributed by atoms with van der Waals surface area (Å²) in [7, 11) is 0. The minimum absolute atomic E-state index is 0.0641. The van der Waals surface area contributed by atoms with Gasteiger partial charge in [0.1, 0.15) is 18.2 Å². The quantitative estimate of drug-likeness (QED) is 0.336. The van der Waals surface area contributed by atoms with Gasteiger partial charge in [-0.25, -0.2) is 4.79 Å². The molecule has 3 amide bonds. The van der Waals surface area contributed by atoms with Crippen LogP contribution in [0, 0.1) is 0 Å². The molecule has 35 heavy (non-hydrogen) atoms. The van der Waals surface area contributed by atoms with E-state index in [1.807, 2.05) is 38.1 Å². The number of benzene rings is 1. The van der Waals surface area contributed by atoms with Gasteiger partial charge in [0.2, 0.25) is 11.8 Å². The molecule has 7 nitrogen and oxygen atoms in total. The number of ether oxygens (including phenoxy) is 1. The van der Waals surface area contributed by atoms with Crippen molar-refractivity contribution in [1.29, 1.82) is 0 Å². The Hall–Kier alpha value is -2.57. The van der Waals surface area contributed by atoms with Crippen LogP contribution in [-0.4, -0.2) is 47.5 Å². The fourth-order valence-electron chi connectivity index (χ4n) is 3.80. The molecule has 0 aromatic heterocycles. The molecule has 0 saturated heterocycles. The molecule has 0 radical (unpaired) electrons. The first-order valence-electron chi connectivity index (χ1n) is 13.1. The molecule has 0 bridgehead atoms. The van der Waals surface area contributed by atoms with Gasteiger partial charge in [-0.2, -0.15) is 0 Å². The van der Waals surface area contributed by atoms with E-state index in [0.717, 1.165) is 36.8 Å². The minimum Gasteiger partial charge on any atom is -0.444 e. The van der Waals surface area contributed by atoms with Gasteiger partial charge in [0.15, 0.2) is 0 Å². The standard InChI is InChI=1S/C28H47N3O4/c1-8-10-11-12-13-14-19-31(24(32)20-29-27(34)35-28(5,6)7)25(26(33)30-21(3)4)23-17-15-22(9-2)16-18-23/h15-18,21,25H,8-14,19-20H2,1-7H3,(H,29,34)(H,30,33). The van der Waals surface area contributed by atoms with Crippen LogP contribution in [0.25, 0.3) is 0 Å². The molecule has 0 aliphatic heterocycles. The van der Waals surface area contributed by atoms with E-state index in [2.05, 4.69) is 24.5 Å². The summed E-state index contributed by atoms with van der Waals surface area (Å²) in [6.45, 7) is 13.6. The summed E-state index contributed by atoms with van der Waals surface area (Å²) < 4.78 is 5.27. The van der Waals surface area contributed by atoms with Crippen molar-refractivity contribution in [1.82, 2.24) is 15.5 Å². The van der Waals surface area contributed by atoms with Gasteiger partial charge in [-0.3, -0.25) is 9.59 Å². The number of carbonyl (C=O) groups excluding carboxylic acids is 3. The summed E-state index contributed by atoms with van der Waals surface area (Å²) in [5, 5.41) is 5.53. The van der Waals surface area contributed by atoms with Crippen molar-refractivity contribution < 1.29 is 19.1 Å². The van der Waals surface area contributed by atoms with Crippen molar-refractivity contribution >= 4 is 17.9 Å². The van der Waals surface area contributed by atoms with Crippen LogP contribution in [0.2, 0.25) is 0 Å². The van der Waals surface area contributed by atoms with E-state index in [0.29, 0.717) is 6.54 Å². The van der Waals surface area contributed by atoms with E-state index in [-0.39, 0.29) is 24.4 Å². The Balaban J connectivity index is 3.13. The van der Waals surface area contributed by atoms with Crippen molar-refractivity contribution in [2.24, 2.45) is 0 Å². The van der Waals surface area contributed by atoms with Gasteiger partial charge in [-0.05, 0) is 58.6 Å². The zero-order chi connectivity index (χ0) is 26.4. The Kier molecular flexibility index (Phi) is 13.4. The van der Waals surface area contributed by atoms with Crippen molar-refractivity contribution in [3.05, 3.63) is 35.4 Å². The van der Waals surface area contributed by atoms with Crippen molar-refractivity contribution in [2.75, 3.05) is 13.1 Å². The van der Waals surface area contributed by atoms with Gasteiger partial charge in [0.25, 0.3) is 0 Å². The van der Waals surface area contributed by atoms with Crippen LogP contribution in [0.15, 0.2) is 24.3 Å². The Morgan fingerprint density at radius 2 is 1.54 bits per heavy atom. The first kappa shape index (κ1) is 30.5. The van der Waals surface area contributed by atoms with Crippen molar-refractivity contribution in [2.45, 2.75) is 111 Å². The molecule has 1 atom stereocenters. The first-order valence-corrected chi connectivity index (χ1v) is 13.1. The highest BCUT2D eigenvalue weighted by molar-refractivity contribution is 5.90. The summed E-state index contributed by atoms with van der Waals surface area (Å²) in [5.74, 6) is -0.534. The van der Waals surface area contributed by atoms with Gasteiger partial charge in [0.05, 0.1) is 0 Å². The number of aryl methyl sites for hydroxylation is 1. The summed E-state index contributed by atoms with van der Waals surface area (Å²) in [6, 6.07) is 7.00. The molecule has 7 heteroatoms. The molecular formula is C28H47N3O4. The van der Waals surface area contributed by atoms with Crippen LogP contribution < -0.4 is 10.6 Å². The van der Waals surface area contributed by atoms with Gasteiger partial charge in [0, 0.05) is 12.6 Å². The third-order valence-electron chi connectivity index (χ3n) is 5.55. The molecule has 1 rings (SSSR count). The highest BCUT2D eigenvalue weighted by Crippen LogP contribution is 2.24. The van der Waals surface area contributed by atoms with Crippen molar-refractivity contribution in [3.8, 4) is 0 Å². The lowest BCUT2D eigenvalue weighted by atomic mass is 10.0. The van der Waals surface area contributed by atoms with Crippen LogP contribution in [0.4, 0.5) is 4.79 Å². The maximum Gasteiger partial charge on any atom is 0.408 e. The topological polar surface area (TPSA) is 87.7 Å². The maximum absolute atomic E-state index is 13.4. The van der Waals surface area contributed by atoms with Crippen LogP contribution >= 0.6 is 0 Å². The normalized spacial score (nSPS) is 12.2. The Bertz CT molecular complexity index is 784. The largest absolute Gasteiger partial charge is 0.444 e. The van der Waals surface area contributed by atoms with Gasteiger partial charge in [-0.15, -0.1) is 0 Å². The number of hydrogen-bond acceptors (Lipinski definition) is 4. The SMILES string of the molecule is CCCCCCCCN(C(=O)CNC(=O)OC(C)(C)C)C(C(=O)NC(C)C)c1ccc(CC)cc1. The average molecular weight is 490 g/mol. The fraction of sp³-hybridized carbons (Fsp3) is 0.679. The number of unbranched alkanes of at least 4 members (excludes halogenated alkanes) is 5. The predicted molar refractivity (Wildman–Crippen MR) is 141 cm³/mol. The average Bonchev–Trinajstić information content (AvgIpc) is 2.77. The maximum atomic E-state index is 13.4. The smallest absolute Gasteiger partial charge is 0.408 e. The number of nitrogens with zero attached hydrogens (tertiary/aromatic N) is 1. The molecule has 1 unspecified atom stereocenters. The van der Waals surface area contributed by atoms with E-state index in [1.165, 1.54) is 19.3 Å². The highest BCUT2D eigenvalue weighted by atomic mass is 16.6. The fourth-order valence-corrected chi connectivity index (χ4v) is 3.80. The first-order chi connectivity index (χ1) is 16.5. The zero-order valence-corrected chi connectivity index (χ0v) is 22.9. The van der Waals surface area contributed by atoms with Gasteiger partial charge < -0.3 is 20.3 Å². The van der Waals surface area contributed by atoms with Crippen LogP contribution in [0.5, 0.6) is 0 Å². The molecule has 0 fully saturated rings. The predicted octanol–water partition coefficient (Wildman–Crippen LogP) is 5.53. The van der Waals surface area contributed by atoms with Crippen LogP contribution in [0.3, 0.4) is 0 Å².